The normalized spacial score (nSPS) is 47.1. The van der Waals surface area contributed by atoms with Crippen molar-refractivity contribution in [2.24, 2.45) is 17.8 Å². The highest BCUT2D eigenvalue weighted by molar-refractivity contribution is 7.10. The van der Waals surface area contributed by atoms with Crippen LogP contribution in [-0.2, 0) is 19.2 Å². The van der Waals surface area contributed by atoms with E-state index < -0.39 is 17.7 Å². The van der Waals surface area contributed by atoms with Gasteiger partial charge in [-0.3, -0.25) is 0 Å². The van der Waals surface area contributed by atoms with Gasteiger partial charge in [-0.1, -0.05) is 6.92 Å². The number of thiazole rings is 1. The highest BCUT2D eigenvalue weighted by Gasteiger charge is 2.68. The first-order valence-corrected chi connectivity index (χ1v) is 9.73. The highest BCUT2D eigenvalue weighted by atomic mass is 32.1. The summed E-state index contributed by atoms with van der Waals surface area (Å²) in [6, 6.07) is 0. The molecule has 0 radical (unpaired) electrons. The van der Waals surface area contributed by atoms with Crippen LogP contribution in [0.25, 0.3) is 5.76 Å². The van der Waals surface area contributed by atoms with Crippen LogP contribution in [0.1, 0.15) is 51.5 Å². The van der Waals surface area contributed by atoms with Gasteiger partial charge in [0.05, 0.1) is 0 Å². The minimum absolute atomic E-state index is 0.249. The van der Waals surface area contributed by atoms with Gasteiger partial charge in [0.1, 0.15) is 0 Å². The van der Waals surface area contributed by atoms with Gasteiger partial charge < -0.3 is 9.47 Å². The summed E-state index contributed by atoms with van der Waals surface area (Å²) in [7, 11) is 0. The predicted molar refractivity (Wildman–Crippen MR) is 88.6 cm³/mol. The van der Waals surface area contributed by atoms with Crippen LogP contribution in [-0.4, -0.2) is 22.7 Å². The van der Waals surface area contributed by atoms with Crippen LogP contribution in [0.3, 0.4) is 0 Å². The predicted octanol–water partition coefficient (Wildman–Crippen LogP) is 4.12. The fraction of sp³-hybridized carbons (Fsp3) is 0.722. The number of nitrogens with zero attached hydrogens (tertiary/aromatic N) is 1. The third kappa shape index (κ3) is 1.88. The Morgan fingerprint density at radius 1 is 1.25 bits per heavy atom. The average molecular weight is 349 g/mol. The van der Waals surface area contributed by atoms with Crippen LogP contribution in [0.15, 0.2) is 17.2 Å². The first-order valence-electron chi connectivity index (χ1n) is 8.85. The van der Waals surface area contributed by atoms with E-state index in [1.54, 1.807) is 11.3 Å². The molecule has 1 aliphatic carbocycles. The third-order valence-electron chi connectivity index (χ3n) is 6.45. The molecule has 3 saturated heterocycles. The van der Waals surface area contributed by atoms with Crippen molar-refractivity contribution < 1.29 is 19.2 Å². The number of rotatable bonds is 1. The lowest BCUT2D eigenvalue weighted by Crippen LogP contribution is -2.66. The standard InChI is InChI=1S/C18H23NO4S/c1-10-4-5-13-11(2)14(15-19-8-9-24-15)20-16-18(13)12(10)6-7-17(3,21-16)22-23-18/h8-10,12-13,16H,4-7H2,1-3H3/t10-,12+,13+,16?,17?,18-/m1/s1. The van der Waals surface area contributed by atoms with Crippen molar-refractivity contribution in [1.29, 1.82) is 0 Å². The molecular formula is C18H23NO4S. The van der Waals surface area contributed by atoms with Crippen LogP contribution in [0, 0.1) is 17.8 Å². The van der Waals surface area contributed by atoms with Gasteiger partial charge in [-0.15, -0.1) is 11.3 Å². The van der Waals surface area contributed by atoms with E-state index in [4.69, 9.17) is 19.2 Å². The van der Waals surface area contributed by atoms with E-state index in [9.17, 15) is 0 Å². The Bertz CT molecular complexity index is 689. The van der Waals surface area contributed by atoms with E-state index in [0.717, 1.165) is 30.0 Å². The molecule has 130 valence electrons. The molecule has 0 N–H and O–H groups in total. The van der Waals surface area contributed by atoms with Gasteiger partial charge >= 0.3 is 0 Å². The zero-order valence-corrected chi connectivity index (χ0v) is 15.1. The first kappa shape index (κ1) is 15.3. The number of aromatic nitrogens is 1. The van der Waals surface area contributed by atoms with Gasteiger partial charge in [0.15, 0.2) is 16.4 Å². The molecule has 5 aliphatic rings. The molecule has 1 spiro atoms. The average Bonchev–Trinajstić information content (AvgIpc) is 2.99. The summed E-state index contributed by atoms with van der Waals surface area (Å²) in [5, 5.41) is 2.91. The monoisotopic (exact) mass is 349 g/mol. The van der Waals surface area contributed by atoms with Crippen molar-refractivity contribution in [3.05, 3.63) is 22.2 Å². The van der Waals surface area contributed by atoms with Crippen LogP contribution >= 0.6 is 11.3 Å². The molecule has 5 heterocycles. The molecule has 1 saturated carbocycles. The summed E-state index contributed by atoms with van der Waals surface area (Å²) in [5.41, 5.74) is 0.689. The fourth-order valence-corrected chi connectivity index (χ4v) is 5.86. The summed E-state index contributed by atoms with van der Waals surface area (Å²) in [6.45, 7) is 6.43. The molecule has 0 aromatic carbocycles. The first-order chi connectivity index (χ1) is 11.5. The minimum Gasteiger partial charge on any atom is -0.458 e. The minimum atomic E-state index is -0.725. The van der Waals surface area contributed by atoms with Crippen molar-refractivity contribution >= 4 is 17.1 Å². The lowest BCUT2D eigenvalue weighted by atomic mass is 9.59. The molecule has 2 unspecified atom stereocenters. The number of ether oxygens (including phenoxy) is 2. The Morgan fingerprint density at radius 2 is 2.12 bits per heavy atom. The van der Waals surface area contributed by atoms with Gasteiger partial charge in [0, 0.05) is 29.8 Å². The molecule has 1 aromatic heterocycles. The maximum Gasteiger partial charge on any atom is 0.236 e. The molecule has 1 aromatic rings. The second-order valence-electron chi connectivity index (χ2n) is 7.82. The quantitative estimate of drug-likeness (QED) is 0.714. The van der Waals surface area contributed by atoms with Crippen molar-refractivity contribution in [3.63, 3.8) is 0 Å². The number of fused-ring (bicyclic) bond motifs is 2. The second-order valence-corrected chi connectivity index (χ2v) is 8.72. The maximum atomic E-state index is 6.40. The van der Waals surface area contributed by atoms with Crippen LogP contribution in [0.5, 0.6) is 0 Å². The van der Waals surface area contributed by atoms with E-state index in [1.807, 2.05) is 18.5 Å². The van der Waals surface area contributed by atoms with Crippen molar-refractivity contribution in [2.45, 2.75) is 64.1 Å². The van der Waals surface area contributed by atoms with Gasteiger partial charge in [0.25, 0.3) is 0 Å². The molecule has 24 heavy (non-hydrogen) atoms. The number of hydrogen-bond donors (Lipinski definition) is 0. The Kier molecular flexibility index (Phi) is 3.21. The fourth-order valence-electron chi connectivity index (χ4n) is 5.17. The summed E-state index contributed by atoms with van der Waals surface area (Å²) >= 11 is 1.60. The maximum absolute atomic E-state index is 6.40. The molecule has 6 heteroatoms. The molecule has 2 bridgehead atoms. The zero-order chi connectivity index (χ0) is 16.5. The number of hydrogen-bond acceptors (Lipinski definition) is 6. The van der Waals surface area contributed by atoms with E-state index in [-0.39, 0.29) is 5.92 Å². The van der Waals surface area contributed by atoms with Gasteiger partial charge in [-0.2, -0.15) is 0 Å². The lowest BCUT2D eigenvalue weighted by Gasteiger charge is -2.57. The molecule has 4 aliphatic heterocycles. The van der Waals surface area contributed by atoms with Crippen LogP contribution in [0.2, 0.25) is 0 Å². The third-order valence-corrected chi connectivity index (χ3v) is 7.22. The van der Waals surface area contributed by atoms with Crippen molar-refractivity contribution in [3.8, 4) is 0 Å². The van der Waals surface area contributed by atoms with Crippen LogP contribution < -0.4 is 0 Å². The Balaban J connectivity index is 1.67. The lowest BCUT2D eigenvalue weighted by molar-refractivity contribution is -0.553. The molecule has 4 fully saturated rings. The van der Waals surface area contributed by atoms with Gasteiger partial charge in [0.2, 0.25) is 12.1 Å². The van der Waals surface area contributed by atoms with E-state index >= 15 is 0 Å². The molecule has 6 rings (SSSR count). The molecular weight excluding hydrogens is 326 g/mol. The molecule has 5 nitrogen and oxygen atoms in total. The smallest absolute Gasteiger partial charge is 0.236 e. The molecule has 6 atom stereocenters. The summed E-state index contributed by atoms with van der Waals surface area (Å²) in [4.78, 5) is 16.4. The van der Waals surface area contributed by atoms with Crippen LogP contribution in [0.4, 0.5) is 0 Å². The Hall–Kier alpha value is -0.950. The zero-order valence-electron chi connectivity index (χ0n) is 14.3. The van der Waals surface area contributed by atoms with Crippen molar-refractivity contribution in [1.82, 2.24) is 4.98 Å². The largest absolute Gasteiger partial charge is 0.458 e. The summed E-state index contributed by atoms with van der Waals surface area (Å²) in [6.07, 6.45) is 5.55. The summed E-state index contributed by atoms with van der Waals surface area (Å²) < 4.78 is 12.7. The highest BCUT2D eigenvalue weighted by Crippen LogP contribution is 2.60. The Labute approximate surface area is 145 Å². The van der Waals surface area contributed by atoms with Gasteiger partial charge in [-0.25, -0.2) is 14.8 Å². The van der Waals surface area contributed by atoms with E-state index in [0.29, 0.717) is 11.8 Å². The summed E-state index contributed by atoms with van der Waals surface area (Å²) in [5.74, 6) is 1.36. The SMILES string of the molecule is CC1=C(c2nccs2)OC2OC3(C)CC[C@H]4[C@H](C)CC[C@@H]1[C@@]24OO3. The molecule has 0 amide bonds. The van der Waals surface area contributed by atoms with Gasteiger partial charge in [-0.05, 0) is 44.6 Å². The second kappa shape index (κ2) is 5.04. The Morgan fingerprint density at radius 3 is 2.92 bits per heavy atom. The van der Waals surface area contributed by atoms with E-state index in [1.165, 1.54) is 12.0 Å². The van der Waals surface area contributed by atoms with E-state index in [2.05, 4.69) is 18.8 Å². The topological polar surface area (TPSA) is 49.8 Å². The van der Waals surface area contributed by atoms with Crippen molar-refractivity contribution in [2.75, 3.05) is 0 Å².